The second-order valence-electron chi connectivity index (χ2n) is 4.37. The van der Waals surface area contributed by atoms with Crippen LogP contribution in [-0.2, 0) is 16.0 Å². The van der Waals surface area contributed by atoms with Crippen LogP contribution in [0.4, 0.5) is 0 Å². The minimum atomic E-state index is -0.0887. The van der Waals surface area contributed by atoms with Crippen molar-refractivity contribution in [2.75, 3.05) is 13.1 Å². The second kappa shape index (κ2) is 7.95. The number of halogens is 1. The fourth-order valence-electron chi connectivity index (χ4n) is 1.92. The number of aryl methyl sites for hydroxylation is 1. The molecule has 1 aromatic rings. The molecule has 0 radical (unpaired) electrons. The first-order chi connectivity index (χ1) is 9.08. The Bertz CT molecular complexity index is 442. The maximum Gasteiger partial charge on any atom is 0.229 e. The van der Waals surface area contributed by atoms with Gasteiger partial charge in [-0.2, -0.15) is 0 Å². The van der Waals surface area contributed by atoms with Gasteiger partial charge in [0.2, 0.25) is 5.91 Å². The molecular weight excluding hydrogens is 262 g/mol. The molecule has 0 aliphatic rings. The highest BCUT2D eigenvalue weighted by molar-refractivity contribution is 6.31. The van der Waals surface area contributed by atoms with Gasteiger partial charge in [0.1, 0.15) is 5.78 Å². The van der Waals surface area contributed by atoms with Crippen molar-refractivity contribution in [2.24, 2.45) is 0 Å². The van der Waals surface area contributed by atoms with E-state index in [0.29, 0.717) is 31.0 Å². The van der Waals surface area contributed by atoms with Gasteiger partial charge in [-0.25, -0.2) is 0 Å². The highest BCUT2D eigenvalue weighted by Gasteiger charge is 2.14. The third kappa shape index (κ3) is 5.03. The van der Waals surface area contributed by atoms with E-state index < -0.39 is 0 Å². The lowest BCUT2D eigenvalue weighted by molar-refractivity contribution is -0.135. The van der Waals surface area contributed by atoms with E-state index in [-0.39, 0.29) is 18.1 Å². The molecule has 0 unspecified atom stereocenters. The van der Waals surface area contributed by atoms with Crippen LogP contribution < -0.4 is 0 Å². The zero-order valence-corrected chi connectivity index (χ0v) is 12.2. The van der Waals surface area contributed by atoms with Crippen LogP contribution in [0.25, 0.3) is 0 Å². The number of hydrogen-bond donors (Lipinski definition) is 0. The van der Waals surface area contributed by atoms with Crippen LogP contribution in [0.3, 0.4) is 0 Å². The number of rotatable bonds is 7. The Balaban J connectivity index is 2.44. The number of benzene rings is 1. The predicted molar refractivity (Wildman–Crippen MR) is 77.3 cm³/mol. The summed E-state index contributed by atoms with van der Waals surface area (Å²) in [6, 6.07) is 7.47. The number of carbonyl (C=O) groups excluding carboxylic acids is 2. The van der Waals surface area contributed by atoms with Crippen LogP contribution in [-0.4, -0.2) is 29.7 Å². The van der Waals surface area contributed by atoms with Crippen LogP contribution in [0.5, 0.6) is 0 Å². The van der Waals surface area contributed by atoms with Crippen LogP contribution in [0.1, 0.15) is 32.3 Å². The molecule has 3 nitrogen and oxygen atoms in total. The summed E-state index contributed by atoms with van der Waals surface area (Å²) in [6.45, 7) is 5.12. The van der Waals surface area contributed by atoms with E-state index in [9.17, 15) is 9.59 Å². The lowest BCUT2D eigenvalue weighted by Gasteiger charge is -2.17. The third-order valence-corrected chi connectivity index (χ3v) is 3.46. The van der Waals surface area contributed by atoms with Gasteiger partial charge in [-0.05, 0) is 31.9 Å². The molecule has 0 spiro atoms. The Morgan fingerprint density at radius 3 is 2.37 bits per heavy atom. The topological polar surface area (TPSA) is 37.4 Å². The maximum atomic E-state index is 11.8. The van der Waals surface area contributed by atoms with E-state index in [1.165, 1.54) is 0 Å². The van der Waals surface area contributed by atoms with Gasteiger partial charge in [-0.15, -0.1) is 0 Å². The zero-order chi connectivity index (χ0) is 14.3. The van der Waals surface area contributed by atoms with Crippen molar-refractivity contribution in [2.45, 2.75) is 33.1 Å². The summed E-state index contributed by atoms with van der Waals surface area (Å²) in [4.78, 5) is 25.2. The van der Waals surface area contributed by atoms with Gasteiger partial charge >= 0.3 is 0 Å². The molecule has 1 rings (SSSR count). The molecule has 0 heterocycles. The van der Waals surface area contributed by atoms with Crippen LogP contribution in [0.2, 0.25) is 5.02 Å². The molecule has 1 amide bonds. The van der Waals surface area contributed by atoms with Gasteiger partial charge in [0.15, 0.2) is 0 Å². The molecule has 19 heavy (non-hydrogen) atoms. The van der Waals surface area contributed by atoms with E-state index in [0.717, 1.165) is 5.56 Å². The first-order valence-corrected chi connectivity index (χ1v) is 6.99. The molecule has 0 bridgehead atoms. The Morgan fingerprint density at radius 2 is 1.79 bits per heavy atom. The molecule has 0 saturated carbocycles. The van der Waals surface area contributed by atoms with Crippen molar-refractivity contribution in [3.63, 3.8) is 0 Å². The van der Waals surface area contributed by atoms with E-state index in [1.54, 1.807) is 4.90 Å². The SMILES string of the molecule is CCN(CC)C(=O)CC(=O)CCc1ccccc1Cl. The molecule has 0 aliphatic heterocycles. The van der Waals surface area contributed by atoms with E-state index in [4.69, 9.17) is 11.6 Å². The molecular formula is C15H20ClNO2. The fraction of sp³-hybridized carbons (Fsp3) is 0.467. The van der Waals surface area contributed by atoms with Gasteiger partial charge in [0, 0.05) is 24.5 Å². The van der Waals surface area contributed by atoms with Crippen molar-refractivity contribution in [1.29, 1.82) is 0 Å². The highest BCUT2D eigenvalue weighted by atomic mass is 35.5. The Hall–Kier alpha value is -1.35. The third-order valence-electron chi connectivity index (χ3n) is 3.10. The molecule has 0 aliphatic carbocycles. The summed E-state index contributed by atoms with van der Waals surface area (Å²) in [5.41, 5.74) is 0.952. The minimum absolute atomic E-state index is 0.00780. The maximum absolute atomic E-state index is 11.8. The quantitative estimate of drug-likeness (QED) is 0.720. The predicted octanol–water partition coefficient (Wildman–Crippen LogP) is 3.10. The van der Waals surface area contributed by atoms with Crippen molar-refractivity contribution >= 4 is 23.3 Å². The molecule has 0 aromatic heterocycles. The van der Waals surface area contributed by atoms with Crippen molar-refractivity contribution in [3.8, 4) is 0 Å². The number of amides is 1. The van der Waals surface area contributed by atoms with Crippen molar-refractivity contribution < 1.29 is 9.59 Å². The largest absolute Gasteiger partial charge is 0.343 e. The monoisotopic (exact) mass is 281 g/mol. The van der Waals surface area contributed by atoms with Crippen LogP contribution in [0.15, 0.2) is 24.3 Å². The zero-order valence-electron chi connectivity index (χ0n) is 11.5. The van der Waals surface area contributed by atoms with Crippen LogP contribution >= 0.6 is 11.6 Å². The lowest BCUT2D eigenvalue weighted by Crippen LogP contribution is -2.32. The highest BCUT2D eigenvalue weighted by Crippen LogP contribution is 2.16. The molecule has 1 aromatic carbocycles. The fourth-order valence-corrected chi connectivity index (χ4v) is 2.15. The lowest BCUT2D eigenvalue weighted by atomic mass is 10.1. The number of hydrogen-bond acceptors (Lipinski definition) is 2. The molecule has 0 atom stereocenters. The van der Waals surface area contributed by atoms with E-state index in [1.807, 2.05) is 38.1 Å². The summed E-state index contributed by atoms with van der Waals surface area (Å²) in [6.07, 6.45) is 0.937. The van der Waals surface area contributed by atoms with Gasteiger partial charge in [0.05, 0.1) is 6.42 Å². The summed E-state index contributed by atoms with van der Waals surface area (Å²) < 4.78 is 0. The number of Topliss-reactive ketones (excluding diaryl/α,β-unsaturated/α-hetero) is 1. The Morgan fingerprint density at radius 1 is 1.16 bits per heavy atom. The molecule has 0 fully saturated rings. The van der Waals surface area contributed by atoms with E-state index >= 15 is 0 Å². The summed E-state index contributed by atoms with van der Waals surface area (Å²) in [7, 11) is 0. The van der Waals surface area contributed by atoms with Crippen molar-refractivity contribution in [3.05, 3.63) is 34.9 Å². The Kier molecular flexibility index (Phi) is 6.57. The van der Waals surface area contributed by atoms with Gasteiger partial charge in [-0.1, -0.05) is 29.8 Å². The number of carbonyl (C=O) groups is 2. The Labute approximate surface area is 119 Å². The molecule has 0 saturated heterocycles. The average Bonchev–Trinajstić information content (AvgIpc) is 2.39. The minimum Gasteiger partial charge on any atom is -0.343 e. The van der Waals surface area contributed by atoms with Gasteiger partial charge < -0.3 is 4.90 Å². The van der Waals surface area contributed by atoms with Gasteiger partial charge in [0.25, 0.3) is 0 Å². The second-order valence-corrected chi connectivity index (χ2v) is 4.78. The van der Waals surface area contributed by atoms with Crippen molar-refractivity contribution in [1.82, 2.24) is 4.90 Å². The summed E-state index contributed by atoms with van der Waals surface area (Å²) in [5.74, 6) is -0.119. The number of nitrogens with zero attached hydrogens (tertiary/aromatic N) is 1. The number of ketones is 1. The smallest absolute Gasteiger partial charge is 0.229 e. The van der Waals surface area contributed by atoms with Gasteiger partial charge in [-0.3, -0.25) is 9.59 Å². The first-order valence-electron chi connectivity index (χ1n) is 6.61. The normalized spacial score (nSPS) is 10.3. The molecule has 4 heteroatoms. The van der Waals surface area contributed by atoms with Crippen LogP contribution in [0, 0.1) is 0 Å². The first kappa shape index (κ1) is 15.7. The average molecular weight is 282 g/mol. The standard InChI is InChI=1S/C15H20ClNO2/c1-3-17(4-2)15(19)11-13(18)10-9-12-7-5-6-8-14(12)16/h5-8H,3-4,9-11H2,1-2H3. The summed E-state index contributed by atoms with van der Waals surface area (Å²) in [5, 5.41) is 0.672. The molecule has 0 N–H and O–H groups in total. The van der Waals surface area contributed by atoms with E-state index in [2.05, 4.69) is 0 Å². The summed E-state index contributed by atoms with van der Waals surface area (Å²) >= 11 is 6.02. The molecule has 104 valence electrons.